The molecule has 4 heteroatoms. The molecule has 3 heterocycles. The largest absolute Gasteiger partial charge is 0.373 e. The van der Waals surface area contributed by atoms with Gasteiger partial charge in [0.1, 0.15) is 0 Å². The summed E-state index contributed by atoms with van der Waals surface area (Å²) in [5.74, 6) is 0.657. The van der Waals surface area contributed by atoms with E-state index in [2.05, 4.69) is 18.7 Å². The molecule has 0 unspecified atom stereocenters. The van der Waals surface area contributed by atoms with Crippen molar-refractivity contribution in [2.45, 2.75) is 78.0 Å². The zero-order chi connectivity index (χ0) is 16.7. The van der Waals surface area contributed by atoms with E-state index in [0.717, 1.165) is 45.2 Å². The smallest absolute Gasteiger partial charge is 0.225 e. The van der Waals surface area contributed by atoms with Gasteiger partial charge in [0.25, 0.3) is 0 Å². The predicted molar refractivity (Wildman–Crippen MR) is 92.6 cm³/mol. The maximum absolute atomic E-state index is 12.5. The van der Waals surface area contributed by atoms with Crippen LogP contribution in [0.15, 0.2) is 0 Å². The lowest BCUT2D eigenvalue weighted by atomic mass is 9.89. The summed E-state index contributed by atoms with van der Waals surface area (Å²) in [7, 11) is 0. The van der Waals surface area contributed by atoms with Gasteiger partial charge in [0, 0.05) is 43.2 Å². The van der Waals surface area contributed by atoms with Gasteiger partial charge in [-0.1, -0.05) is 13.3 Å². The van der Waals surface area contributed by atoms with Crippen molar-refractivity contribution in [2.75, 3.05) is 6.54 Å². The summed E-state index contributed by atoms with van der Waals surface area (Å²) in [4.78, 5) is 19.6. The van der Waals surface area contributed by atoms with Crippen LogP contribution in [-0.2, 0) is 41.9 Å². The van der Waals surface area contributed by atoms with Gasteiger partial charge >= 0.3 is 0 Å². The van der Waals surface area contributed by atoms with Crippen molar-refractivity contribution in [3.8, 4) is 0 Å². The monoisotopic (exact) mass is 328 g/mol. The third-order valence-electron chi connectivity index (χ3n) is 5.67. The lowest BCUT2D eigenvalue weighted by Crippen LogP contribution is -2.39. The van der Waals surface area contributed by atoms with Gasteiger partial charge in [-0.3, -0.25) is 9.78 Å². The number of aryl methyl sites for hydroxylation is 1. The van der Waals surface area contributed by atoms with E-state index in [1.807, 2.05) is 0 Å². The second-order valence-corrected chi connectivity index (χ2v) is 7.65. The molecule has 1 aliphatic carbocycles. The second-order valence-electron chi connectivity index (χ2n) is 7.65. The fourth-order valence-electron chi connectivity index (χ4n) is 4.05. The van der Waals surface area contributed by atoms with Gasteiger partial charge in [0.2, 0.25) is 5.91 Å². The van der Waals surface area contributed by atoms with Crippen LogP contribution in [0, 0.1) is 5.92 Å². The Morgan fingerprint density at radius 2 is 2.12 bits per heavy atom. The molecule has 0 bridgehead atoms. The molecule has 0 radical (unpaired) electrons. The molecule has 0 aromatic carbocycles. The normalized spacial score (nSPS) is 22.9. The molecule has 1 aromatic rings. The van der Waals surface area contributed by atoms with Crippen molar-refractivity contribution in [1.82, 2.24) is 9.88 Å². The molecule has 0 saturated heterocycles. The van der Waals surface area contributed by atoms with Crippen LogP contribution >= 0.6 is 0 Å². The third-order valence-corrected chi connectivity index (χ3v) is 5.67. The van der Waals surface area contributed by atoms with Crippen molar-refractivity contribution < 1.29 is 9.53 Å². The summed E-state index contributed by atoms with van der Waals surface area (Å²) in [5.41, 5.74) is 6.57. The minimum absolute atomic E-state index is 0.269. The molecule has 0 N–H and O–H groups in total. The van der Waals surface area contributed by atoms with Gasteiger partial charge in [-0.25, -0.2) is 0 Å². The van der Waals surface area contributed by atoms with Crippen molar-refractivity contribution in [1.29, 1.82) is 0 Å². The maximum atomic E-state index is 12.5. The van der Waals surface area contributed by atoms with E-state index in [1.54, 1.807) is 0 Å². The minimum Gasteiger partial charge on any atom is -0.373 e. The molecule has 4 nitrogen and oxygen atoms in total. The highest BCUT2D eigenvalue weighted by atomic mass is 16.5. The van der Waals surface area contributed by atoms with Crippen LogP contribution < -0.4 is 0 Å². The number of nitrogens with zero attached hydrogens (tertiary/aromatic N) is 2. The highest BCUT2D eigenvalue weighted by Crippen LogP contribution is 2.35. The van der Waals surface area contributed by atoms with Gasteiger partial charge in [-0.05, 0) is 49.3 Å². The Kier molecular flexibility index (Phi) is 4.33. The molecular weight excluding hydrogens is 300 g/mol. The Bertz CT molecular complexity index is 652. The number of pyridine rings is 1. The molecule has 1 saturated carbocycles. The van der Waals surface area contributed by atoms with Crippen LogP contribution in [0.4, 0.5) is 0 Å². The first-order chi connectivity index (χ1) is 11.7. The zero-order valence-corrected chi connectivity index (χ0v) is 14.9. The Hall–Kier alpha value is -1.42. The average Bonchev–Trinajstić information content (AvgIpc) is 3.43. The first-order valence-corrected chi connectivity index (χ1v) is 9.60. The van der Waals surface area contributed by atoms with Gasteiger partial charge in [0.05, 0.1) is 12.7 Å². The summed E-state index contributed by atoms with van der Waals surface area (Å²) >= 11 is 0. The van der Waals surface area contributed by atoms with E-state index in [1.165, 1.54) is 40.9 Å². The summed E-state index contributed by atoms with van der Waals surface area (Å²) < 4.78 is 5.95. The topological polar surface area (TPSA) is 42.4 Å². The van der Waals surface area contributed by atoms with Crippen LogP contribution in [0.5, 0.6) is 0 Å². The first-order valence-electron chi connectivity index (χ1n) is 9.60. The molecule has 4 rings (SSSR count). The number of carbonyl (C=O) groups excluding carboxylic acids is 1. The van der Waals surface area contributed by atoms with Crippen molar-refractivity contribution >= 4 is 5.91 Å². The predicted octanol–water partition coefficient (Wildman–Crippen LogP) is 3.18. The lowest BCUT2D eigenvalue weighted by molar-refractivity contribution is -0.133. The van der Waals surface area contributed by atoms with E-state index in [-0.39, 0.29) is 6.10 Å². The third kappa shape index (κ3) is 2.97. The van der Waals surface area contributed by atoms with Crippen LogP contribution in [0.3, 0.4) is 0 Å². The molecule has 1 aromatic heterocycles. The van der Waals surface area contributed by atoms with Crippen molar-refractivity contribution in [3.05, 3.63) is 28.1 Å². The molecule has 2 aliphatic heterocycles. The Balaban J connectivity index is 1.67. The zero-order valence-electron chi connectivity index (χ0n) is 14.9. The quantitative estimate of drug-likeness (QED) is 0.852. The Labute approximate surface area is 144 Å². The number of amides is 1. The van der Waals surface area contributed by atoms with Crippen LogP contribution in [0.2, 0.25) is 0 Å². The number of hydrogen-bond donors (Lipinski definition) is 0. The molecule has 130 valence electrons. The van der Waals surface area contributed by atoms with Crippen molar-refractivity contribution in [2.24, 2.45) is 5.92 Å². The Morgan fingerprint density at radius 1 is 1.29 bits per heavy atom. The number of unbranched alkanes of at least 4 members (excludes halogenated alkanes) is 1. The number of hydrogen-bond acceptors (Lipinski definition) is 3. The summed E-state index contributed by atoms with van der Waals surface area (Å²) in [6.45, 7) is 6.64. The van der Waals surface area contributed by atoms with E-state index in [9.17, 15) is 4.79 Å². The van der Waals surface area contributed by atoms with Crippen LogP contribution in [-0.4, -0.2) is 28.4 Å². The minimum atomic E-state index is 0.269. The molecule has 0 spiro atoms. The summed E-state index contributed by atoms with van der Waals surface area (Å²) in [5, 5.41) is 0. The van der Waals surface area contributed by atoms with Gasteiger partial charge < -0.3 is 9.64 Å². The van der Waals surface area contributed by atoms with Crippen molar-refractivity contribution in [3.63, 3.8) is 0 Å². The molecular formula is C20H28N2O2. The van der Waals surface area contributed by atoms with Crippen LogP contribution in [0.25, 0.3) is 0 Å². The number of carbonyl (C=O) groups is 1. The van der Waals surface area contributed by atoms with Crippen LogP contribution in [0.1, 0.15) is 67.6 Å². The molecule has 1 fully saturated rings. The number of ether oxygens (including phenoxy) is 1. The molecule has 24 heavy (non-hydrogen) atoms. The maximum Gasteiger partial charge on any atom is 0.225 e. The molecule has 1 atom stereocenters. The second kappa shape index (κ2) is 6.47. The summed E-state index contributed by atoms with van der Waals surface area (Å²) in [6.07, 6.45) is 7.75. The fraction of sp³-hybridized carbons (Fsp3) is 0.700. The highest BCUT2D eigenvalue weighted by Gasteiger charge is 2.36. The molecule has 3 aliphatic rings. The average molecular weight is 328 g/mol. The van der Waals surface area contributed by atoms with E-state index in [4.69, 9.17) is 9.72 Å². The first kappa shape index (κ1) is 16.1. The van der Waals surface area contributed by atoms with E-state index < -0.39 is 0 Å². The van der Waals surface area contributed by atoms with Gasteiger partial charge in [-0.15, -0.1) is 0 Å². The van der Waals surface area contributed by atoms with E-state index >= 15 is 0 Å². The number of rotatable bonds is 4. The number of aromatic nitrogens is 1. The van der Waals surface area contributed by atoms with Gasteiger partial charge in [-0.2, -0.15) is 0 Å². The lowest BCUT2D eigenvalue weighted by Gasteiger charge is -2.34. The highest BCUT2D eigenvalue weighted by molar-refractivity contribution is 5.81. The standard InChI is InChI=1S/C20H28N2O2/c1-3-4-5-18-15-10-13(2)24-12-17(15)16-11-22(9-8-19(16)21-18)20(23)14-6-7-14/h13-14H,3-12H2,1-2H3/t13-/m0/s1. The van der Waals surface area contributed by atoms with Gasteiger partial charge in [0.15, 0.2) is 0 Å². The fourth-order valence-corrected chi connectivity index (χ4v) is 4.05. The Morgan fingerprint density at radius 3 is 2.88 bits per heavy atom. The van der Waals surface area contributed by atoms with E-state index in [0.29, 0.717) is 18.4 Å². The SMILES string of the molecule is CCCCc1nc2c(c3c1C[C@H](C)OC3)CN(C(=O)C1CC1)CC2. The summed E-state index contributed by atoms with van der Waals surface area (Å²) in [6, 6.07) is 0. The number of fused-ring (bicyclic) bond motifs is 3. The molecule has 1 amide bonds.